The fourth-order valence-electron chi connectivity index (χ4n) is 4.03. The molecule has 1 aromatic carbocycles. The van der Waals surface area contributed by atoms with Crippen molar-refractivity contribution in [2.75, 3.05) is 7.05 Å². The molecule has 3 heteroatoms. The highest BCUT2D eigenvalue weighted by Gasteiger charge is 2.51. The lowest BCUT2D eigenvalue weighted by Gasteiger charge is -2.36. The summed E-state index contributed by atoms with van der Waals surface area (Å²) in [5, 5.41) is 9.71. The molecule has 2 fully saturated rings. The normalized spacial score (nSPS) is 35.2. The molecule has 1 N–H and O–H groups in total. The Kier molecular flexibility index (Phi) is 3.75. The average molecular weight is 312 g/mol. The van der Waals surface area contributed by atoms with Crippen molar-refractivity contribution < 1.29 is 5.11 Å². The summed E-state index contributed by atoms with van der Waals surface area (Å²) in [6.07, 6.45) is 5.17. The third-order valence-corrected chi connectivity index (χ3v) is 5.17. The zero-order chi connectivity index (χ0) is 12.0. The molecule has 3 rings (SSSR count). The van der Waals surface area contributed by atoms with Crippen LogP contribution in [0.5, 0.6) is 5.75 Å². The minimum absolute atomic E-state index is 0. The lowest BCUT2D eigenvalue weighted by molar-refractivity contribution is 0.239. The molecule has 1 aromatic rings. The number of hydrogen-bond acceptors (Lipinski definition) is 2. The number of phenolic OH excluding ortho intramolecular Hbond substituents is 1. The van der Waals surface area contributed by atoms with E-state index in [0.717, 1.165) is 6.04 Å². The number of benzene rings is 1. The van der Waals surface area contributed by atoms with E-state index in [0.29, 0.717) is 11.8 Å². The first-order valence-corrected chi connectivity index (χ1v) is 6.65. The fraction of sp³-hybridized carbons (Fsp3) is 0.600. The van der Waals surface area contributed by atoms with Crippen LogP contribution in [0, 0.1) is 0 Å². The van der Waals surface area contributed by atoms with E-state index in [1.54, 1.807) is 6.07 Å². The molecule has 100 valence electrons. The summed E-state index contributed by atoms with van der Waals surface area (Å²) < 4.78 is 0. The second kappa shape index (κ2) is 4.86. The van der Waals surface area contributed by atoms with E-state index in [1.807, 2.05) is 12.1 Å². The van der Waals surface area contributed by atoms with E-state index < -0.39 is 0 Å². The van der Waals surface area contributed by atoms with E-state index in [1.165, 1.54) is 31.2 Å². The number of halogens is 1. The van der Waals surface area contributed by atoms with Gasteiger partial charge in [0.25, 0.3) is 0 Å². The Hall–Kier alpha value is -0.540. The van der Waals surface area contributed by atoms with Gasteiger partial charge in [0.2, 0.25) is 0 Å². The SMILES string of the molecule is Br.CC1N(C)C2CCC[C@]1(c1cccc(O)c1)C2. The molecule has 2 bridgehead atoms. The lowest BCUT2D eigenvalue weighted by atomic mass is 9.67. The highest BCUT2D eigenvalue weighted by molar-refractivity contribution is 8.93. The molecule has 1 heterocycles. The van der Waals surface area contributed by atoms with Crippen molar-refractivity contribution >= 4 is 17.0 Å². The number of likely N-dealkylation sites (tertiary alicyclic amines) is 1. The van der Waals surface area contributed by atoms with Gasteiger partial charge in [-0.25, -0.2) is 0 Å². The molecule has 0 spiro atoms. The Bertz CT molecular complexity index is 436. The Morgan fingerprint density at radius 2 is 2.17 bits per heavy atom. The van der Waals surface area contributed by atoms with Crippen molar-refractivity contribution in [2.24, 2.45) is 0 Å². The predicted molar refractivity (Wildman–Crippen MR) is 79.6 cm³/mol. The molecule has 0 amide bonds. The van der Waals surface area contributed by atoms with E-state index >= 15 is 0 Å². The second-order valence-electron chi connectivity index (χ2n) is 5.80. The van der Waals surface area contributed by atoms with Crippen LogP contribution in [-0.4, -0.2) is 29.1 Å². The Morgan fingerprint density at radius 3 is 2.89 bits per heavy atom. The van der Waals surface area contributed by atoms with Gasteiger partial charge in [-0.3, -0.25) is 4.90 Å². The highest BCUT2D eigenvalue weighted by Crippen LogP contribution is 2.51. The number of fused-ring (bicyclic) bond motifs is 2. The Morgan fingerprint density at radius 1 is 1.39 bits per heavy atom. The second-order valence-corrected chi connectivity index (χ2v) is 5.80. The maximum Gasteiger partial charge on any atom is 0.115 e. The van der Waals surface area contributed by atoms with Gasteiger partial charge in [-0.05, 0) is 50.9 Å². The van der Waals surface area contributed by atoms with Crippen LogP contribution in [0.25, 0.3) is 0 Å². The van der Waals surface area contributed by atoms with Crippen LogP contribution in [-0.2, 0) is 5.41 Å². The van der Waals surface area contributed by atoms with Crippen molar-refractivity contribution in [2.45, 2.75) is 50.1 Å². The van der Waals surface area contributed by atoms with E-state index in [2.05, 4.69) is 24.9 Å². The average Bonchev–Trinajstić information content (AvgIpc) is 2.52. The lowest BCUT2D eigenvalue weighted by Crippen LogP contribution is -2.38. The first-order valence-electron chi connectivity index (χ1n) is 6.65. The molecule has 3 atom stereocenters. The Labute approximate surface area is 120 Å². The van der Waals surface area contributed by atoms with Crippen molar-refractivity contribution in [3.8, 4) is 5.75 Å². The van der Waals surface area contributed by atoms with Crippen LogP contribution in [0.3, 0.4) is 0 Å². The number of phenols is 1. The first kappa shape index (κ1) is 13.9. The van der Waals surface area contributed by atoms with Crippen LogP contribution >= 0.6 is 17.0 Å². The van der Waals surface area contributed by atoms with Crippen molar-refractivity contribution in [1.29, 1.82) is 0 Å². The maximum atomic E-state index is 9.71. The van der Waals surface area contributed by atoms with E-state index in [9.17, 15) is 5.11 Å². The smallest absolute Gasteiger partial charge is 0.115 e. The van der Waals surface area contributed by atoms with Crippen LogP contribution in [0.15, 0.2) is 24.3 Å². The van der Waals surface area contributed by atoms with Crippen LogP contribution in [0.4, 0.5) is 0 Å². The molecule has 1 saturated heterocycles. The summed E-state index contributed by atoms with van der Waals surface area (Å²) in [5.41, 5.74) is 1.61. The molecule has 0 aromatic heterocycles. The van der Waals surface area contributed by atoms with E-state index in [4.69, 9.17) is 0 Å². The maximum absolute atomic E-state index is 9.71. The van der Waals surface area contributed by atoms with Crippen LogP contribution in [0.2, 0.25) is 0 Å². The molecular formula is C15H22BrNO. The molecular weight excluding hydrogens is 290 g/mol. The van der Waals surface area contributed by atoms with Gasteiger partial charge in [0.15, 0.2) is 0 Å². The Balaban J connectivity index is 0.00000120. The quantitative estimate of drug-likeness (QED) is 0.858. The minimum Gasteiger partial charge on any atom is -0.508 e. The number of nitrogens with zero attached hydrogens (tertiary/aromatic N) is 1. The van der Waals surface area contributed by atoms with Gasteiger partial charge in [0.05, 0.1) is 0 Å². The van der Waals surface area contributed by atoms with E-state index in [-0.39, 0.29) is 22.4 Å². The topological polar surface area (TPSA) is 23.5 Å². The van der Waals surface area contributed by atoms with Gasteiger partial charge in [-0.2, -0.15) is 0 Å². The zero-order valence-corrected chi connectivity index (χ0v) is 12.8. The number of hydrogen-bond donors (Lipinski definition) is 1. The summed E-state index contributed by atoms with van der Waals surface area (Å²) in [7, 11) is 2.26. The van der Waals surface area contributed by atoms with Gasteiger partial charge in [-0.15, -0.1) is 17.0 Å². The molecule has 2 aliphatic rings. The largest absolute Gasteiger partial charge is 0.508 e. The zero-order valence-electron chi connectivity index (χ0n) is 11.1. The van der Waals surface area contributed by atoms with Crippen LogP contribution < -0.4 is 0 Å². The van der Waals surface area contributed by atoms with Gasteiger partial charge in [0.1, 0.15) is 5.75 Å². The molecule has 1 aliphatic carbocycles. The minimum atomic E-state index is 0. The summed E-state index contributed by atoms with van der Waals surface area (Å²) in [5.74, 6) is 0.403. The number of likely N-dealkylation sites (N-methyl/N-ethyl adjacent to an activating group) is 1. The van der Waals surface area contributed by atoms with Crippen molar-refractivity contribution in [3.05, 3.63) is 29.8 Å². The molecule has 2 unspecified atom stereocenters. The first-order chi connectivity index (χ1) is 8.13. The number of rotatable bonds is 1. The third-order valence-electron chi connectivity index (χ3n) is 5.17. The third kappa shape index (κ3) is 1.88. The highest BCUT2D eigenvalue weighted by atomic mass is 79.9. The monoisotopic (exact) mass is 311 g/mol. The summed E-state index contributed by atoms with van der Waals surface area (Å²) in [4.78, 5) is 2.54. The van der Waals surface area contributed by atoms with Gasteiger partial charge < -0.3 is 5.11 Å². The van der Waals surface area contributed by atoms with Gasteiger partial charge in [0, 0.05) is 17.5 Å². The fourth-order valence-corrected chi connectivity index (χ4v) is 4.03. The van der Waals surface area contributed by atoms with Crippen LogP contribution in [0.1, 0.15) is 38.2 Å². The van der Waals surface area contributed by atoms with Gasteiger partial charge >= 0.3 is 0 Å². The predicted octanol–water partition coefficient (Wildman–Crippen LogP) is 3.48. The summed E-state index contributed by atoms with van der Waals surface area (Å²) in [6.45, 7) is 2.34. The van der Waals surface area contributed by atoms with Gasteiger partial charge in [-0.1, -0.05) is 18.6 Å². The molecule has 1 saturated carbocycles. The standard InChI is InChI=1S/C15H21NO.BrH/c1-11-15(12-5-3-7-14(17)9-12)8-4-6-13(10-15)16(11)2;/h3,5,7,9,11,13,17H,4,6,8,10H2,1-2H3;1H/t11?,13?,15-;/m0./s1. The molecule has 0 radical (unpaired) electrons. The molecule has 18 heavy (non-hydrogen) atoms. The molecule has 1 aliphatic heterocycles. The molecule has 2 nitrogen and oxygen atoms in total. The summed E-state index contributed by atoms with van der Waals surface area (Å²) in [6, 6.07) is 9.23. The van der Waals surface area contributed by atoms with Crippen molar-refractivity contribution in [1.82, 2.24) is 4.90 Å². The van der Waals surface area contributed by atoms with Crippen molar-refractivity contribution in [3.63, 3.8) is 0 Å². The summed E-state index contributed by atoms with van der Waals surface area (Å²) >= 11 is 0. The number of aromatic hydroxyl groups is 1.